The van der Waals surface area contributed by atoms with Crippen molar-refractivity contribution in [2.24, 2.45) is 5.92 Å². The summed E-state index contributed by atoms with van der Waals surface area (Å²) < 4.78 is 12.6. The molecule has 0 saturated carbocycles. The van der Waals surface area contributed by atoms with Crippen LogP contribution in [0.5, 0.6) is 0 Å². The van der Waals surface area contributed by atoms with Gasteiger partial charge in [-0.15, -0.1) is 0 Å². The molecule has 130 valence electrons. The number of rotatable bonds is 5. The maximum Gasteiger partial charge on any atom is 0.328 e. The Morgan fingerprint density at radius 1 is 1.33 bits per heavy atom. The number of carboxylic acids is 1. The highest BCUT2D eigenvalue weighted by atomic mass is 35.5. The predicted molar refractivity (Wildman–Crippen MR) is 85.6 cm³/mol. The van der Waals surface area contributed by atoms with Gasteiger partial charge in [-0.3, -0.25) is 9.59 Å². The molecule has 24 heavy (non-hydrogen) atoms. The monoisotopic (exact) mass is 356 g/mol. The van der Waals surface area contributed by atoms with Gasteiger partial charge in [0.2, 0.25) is 5.91 Å². The number of carbonyl (C=O) groups excluding carboxylic acids is 2. The number of aliphatic carboxylic acids is 1. The summed E-state index contributed by atoms with van der Waals surface area (Å²) in [5.41, 5.74) is 0.465. The molecule has 1 aliphatic rings. The topological polar surface area (TPSA) is 86.7 Å². The smallest absolute Gasteiger partial charge is 0.328 e. The lowest BCUT2D eigenvalue weighted by atomic mass is 9.96. The fourth-order valence-electron chi connectivity index (χ4n) is 2.61. The van der Waals surface area contributed by atoms with Gasteiger partial charge in [0.15, 0.2) is 6.04 Å². The van der Waals surface area contributed by atoms with Crippen LogP contribution in [0.1, 0.15) is 23.2 Å². The van der Waals surface area contributed by atoms with Crippen molar-refractivity contribution in [2.75, 3.05) is 19.8 Å². The lowest BCUT2D eigenvalue weighted by Gasteiger charge is -2.32. The molecule has 2 unspecified atom stereocenters. The van der Waals surface area contributed by atoms with E-state index in [1.54, 1.807) is 29.2 Å². The minimum absolute atomic E-state index is 0.173. The summed E-state index contributed by atoms with van der Waals surface area (Å²) in [5.74, 6) is -2.74. The van der Waals surface area contributed by atoms with Crippen LogP contribution in [0.3, 0.4) is 0 Å². The van der Waals surface area contributed by atoms with E-state index >= 15 is 0 Å². The third-order valence-corrected chi connectivity index (χ3v) is 4.19. The Bertz CT molecular complexity index is 623. The van der Waals surface area contributed by atoms with E-state index in [0.29, 0.717) is 30.0 Å². The van der Waals surface area contributed by atoms with Gasteiger partial charge in [-0.2, -0.15) is 0 Å². The Balaban J connectivity index is 2.00. The van der Waals surface area contributed by atoms with Crippen molar-refractivity contribution in [3.63, 3.8) is 0 Å². The molecule has 0 bridgehead atoms. The molecule has 1 aromatic carbocycles. The SMILES string of the molecule is O=C(NC(CF)C(=O)O)C1CCCN(C(=O)c2ccc(Cl)cc2)C1. The number of halogens is 2. The number of carboxylic acid groups (broad SMARTS) is 1. The lowest BCUT2D eigenvalue weighted by Crippen LogP contribution is -2.50. The first-order valence-corrected chi connectivity index (χ1v) is 7.94. The summed E-state index contributed by atoms with van der Waals surface area (Å²) in [6.07, 6.45) is 1.14. The molecule has 2 atom stereocenters. The highest BCUT2D eigenvalue weighted by molar-refractivity contribution is 6.30. The molecule has 2 amide bonds. The van der Waals surface area contributed by atoms with Gasteiger partial charge in [-0.1, -0.05) is 11.6 Å². The third-order valence-electron chi connectivity index (χ3n) is 3.94. The van der Waals surface area contributed by atoms with E-state index in [-0.39, 0.29) is 12.5 Å². The second kappa shape index (κ2) is 8.10. The van der Waals surface area contributed by atoms with Crippen molar-refractivity contribution in [1.82, 2.24) is 10.2 Å². The molecule has 0 spiro atoms. The fourth-order valence-corrected chi connectivity index (χ4v) is 2.73. The molecular formula is C16H18ClFN2O4. The highest BCUT2D eigenvalue weighted by Gasteiger charge is 2.31. The van der Waals surface area contributed by atoms with Gasteiger partial charge in [0.25, 0.3) is 5.91 Å². The summed E-state index contributed by atoms with van der Waals surface area (Å²) in [6, 6.07) is 4.89. The highest BCUT2D eigenvalue weighted by Crippen LogP contribution is 2.20. The van der Waals surface area contributed by atoms with Crippen LogP contribution in [0.15, 0.2) is 24.3 Å². The molecule has 1 fully saturated rings. The van der Waals surface area contributed by atoms with E-state index < -0.39 is 30.5 Å². The molecule has 1 aliphatic heterocycles. The molecule has 1 heterocycles. The second-order valence-corrected chi connectivity index (χ2v) is 6.09. The first-order chi connectivity index (χ1) is 11.4. The van der Waals surface area contributed by atoms with Crippen molar-refractivity contribution < 1.29 is 23.9 Å². The van der Waals surface area contributed by atoms with Crippen molar-refractivity contribution >= 4 is 29.4 Å². The number of nitrogens with one attached hydrogen (secondary N) is 1. The van der Waals surface area contributed by atoms with Gasteiger partial charge in [0.1, 0.15) is 6.67 Å². The zero-order valence-electron chi connectivity index (χ0n) is 12.9. The summed E-state index contributed by atoms with van der Waals surface area (Å²) in [5, 5.41) is 11.5. The number of alkyl halides is 1. The lowest BCUT2D eigenvalue weighted by molar-refractivity contribution is -0.143. The standard InChI is InChI=1S/C16H18ClFN2O4/c17-12-5-3-10(4-6-12)15(22)20-7-1-2-11(9-20)14(21)19-13(8-18)16(23)24/h3-6,11,13H,1-2,7-9H2,(H,19,21)(H,23,24). The average Bonchev–Trinajstić information content (AvgIpc) is 2.59. The Morgan fingerprint density at radius 3 is 2.58 bits per heavy atom. The zero-order valence-corrected chi connectivity index (χ0v) is 13.6. The molecular weight excluding hydrogens is 339 g/mol. The number of hydrogen-bond acceptors (Lipinski definition) is 3. The molecule has 1 saturated heterocycles. The Hall–Kier alpha value is -2.15. The minimum Gasteiger partial charge on any atom is -0.480 e. The molecule has 8 heteroatoms. The maximum atomic E-state index is 12.6. The first-order valence-electron chi connectivity index (χ1n) is 7.56. The Morgan fingerprint density at radius 2 is 2.00 bits per heavy atom. The Labute approximate surface area is 143 Å². The van der Waals surface area contributed by atoms with Crippen LogP contribution in [0.25, 0.3) is 0 Å². The average molecular weight is 357 g/mol. The summed E-state index contributed by atoms with van der Waals surface area (Å²) in [7, 11) is 0. The normalized spacial score (nSPS) is 18.8. The molecule has 0 aliphatic carbocycles. The molecule has 1 aromatic rings. The van der Waals surface area contributed by atoms with Crippen molar-refractivity contribution in [3.8, 4) is 0 Å². The number of nitrogens with zero attached hydrogens (tertiary/aromatic N) is 1. The maximum absolute atomic E-state index is 12.6. The summed E-state index contributed by atoms with van der Waals surface area (Å²) in [6.45, 7) is -0.496. The first kappa shape index (κ1) is 18.2. The summed E-state index contributed by atoms with van der Waals surface area (Å²) in [4.78, 5) is 36.9. The van der Waals surface area contributed by atoms with E-state index in [0.717, 1.165) is 0 Å². The number of carbonyl (C=O) groups is 3. The van der Waals surface area contributed by atoms with Crippen LogP contribution in [-0.4, -0.2) is 53.6 Å². The number of likely N-dealkylation sites (tertiary alicyclic amines) is 1. The number of piperidine rings is 1. The van der Waals surface area contributed by atoms with Gasteiger partial charge in [0.05, 0.1) is 5.92 Å². The van der Waals surface area contributed by atoms with E-state index in [2.05, 4.69) is 5.32 Å². The molecule has 2 rings (SSSR count). The molecule has 0 radical (unpaired) electrons. The quantitative estimate of drug-likeness (QED) is 0.841. The third kappa shape index (κ3) is 4.44. The fraction of sp³-hybridized carbons (Fsp3) is 0.438. The van der Waals surface area contributed by atoms with E-state index in [1.807, 2.05) is 0 Å². The van der Waals surface area contributed by atoms with Crippen LogP contribution in [0.4, 0.5) is 4.39 Å². The summed E-state index contributed by atoms with van der Waals surface area (Å²) >= 11 is 5.80. The predicted octanol–water partition coefficient (Wildman–Crippen LogP) is 1.73. The Kier molecular flexibility index (Phi) is 6.14. The van der Waals surface area contributed by atoms with Crippen molar-refractivity contribution in [1.29, 1.82) is 0 Å². The molecule has 0 aromatic heterocycles. The molecule has 6 nitrogen and oxygen atoms in total. The second-order valence-electron chi connectivity index (χ2n) is 5.65. The molecule has 2 N–H and O–H groups in total. The minimum atomic E-state index is -1.56. The van der Waals surface area contributed by atoms with E-state index in [9.17, 15) is 18.8 Å². The van der Waals surface area contributed by atoms with Crippen LogP contribution in [0, 0.1) is 5.92 Å². The van der Waals surface area contributed by atoms with Crippen LogP contribution < -0.4 is 5.32 Å². The zero-order chi connectivity index (χ0) is 17.7. The van der Waals surface area contributed by atoms with Gasteiger partial charge < -0.3 is 15.3 Å². The van der Waals surface area contributed by atoms with Crippen LogP contribution in [-0.2, 0) is 9.59 Å². The van der Waals surface area contributed by atoms with Crippen molar-refractivity contribution in [3.05, 3.63) is 34.9 Å². The van der Waals surface area contributed by atoms with Gasteiger partial charge in [-0.25, -0.2) is 9.18 Å². The number of hydrogen-bond donors (Lipinski definition) is 2. The van der Waals surface area contributed by atoms with E-state index in [4.69, 9.17) is 16.7 Å². The van der Waals surface area contributed by atoms with Crippen LogP contribution >= 0.6 is 11.6 Å². The van der Waals surface area contributed by atoms with Gasteiger partial charge >= 0.3 is 5.97 Å². The van der Waals surface area contributed by atoms with Gasteiger partial charge in [-0.05, 0) is 37.1 Å². The number of amides is 2. The van der Waals surface area contributed by atoms with Gasteiger partial charge in [0, 0.05) is 23.7 Å². The largest absolute Gasteiger partial charge is 0.480 e. The van der Waals surface area contributed by atoms with E-state index in [1.165, 1.54) is 0 Å². The van der Waals surface area contributed by atoms with Crippen LogP contribution in [0.2, 0.25) is 5.02 Å². The number of benzene rings is 1. The van der Waals surface area contributed by atoms with Crippen molar-refractivity contribution in [2.45, 2.75) is 18.9 Å².